The maximum Gasteiger partial charge on any atom is 0.188 e. The van der Waals surface area contributed by atoms with Gasteiger partial charge in [0.15, 0.2) is 10.4 Å². The monoisotopic (exact) mass is 297 g/mol. The number of benzene rings is 1. The number of Topliss-reactive ketones (excluding diaryl/α,β-unsaturated/α-hetero) is 1. The molecule has 1 aromatic heterocycles. The Morgan fingerprint density at radius 3 is 2.88 bits per heavy atom. The zero-order chi connectivity index (χ0) is 12.4. The predicted octanol–water partition coefficient (Wildman–Crippen LogP) is 2.14. The Labute approximate surface area is 106 Å². The molecule has 0 N–H and O–H groups in total. The highest BCUT2D eigenvalue weighted by atomic mass is 79.9. The molecule has 17 heavy (non-hydrogen) atoms. The highest BCUT2D eigenvalue weighted by molar-refractivity contribution is 9.10. The first kappa shape index (κ1) is 11.9. The summed E-state index contributed by atoms with van der Waals surface area (Å²) >= 11 is 3.16. The van der Waals surface area contributed by atoms with Crippen LogP contribution in [0.25, 0.3) is 0 Å². The number of ketones is 1. The molecule has 0 bridgehead atoms. The van der Waals surface area contributed by atoms with Gasteiger partial charge in [0, 0.05) is 13.5 Å². The molecule has 0 radical (unpaired) electrons. The molecule has 88 valence electrons. The molecule has 0 aliphatic rings. The van der Waals surface area contributed by atoms with Gasteiger partial charge in [-0.15, -0.1) is 5.10 Å². The highest BCUT2D eigenvalue weighted by Crippen LogP contribution is 2.15. The lowest BCUT2D eigenvalue weighted by molar-refractivity contribution is 0.0983. The fourth-order valence-corrected chi connectivity index (χ4v) is 2.09. The Balaban J connectivity index is 2.23. The first-order chi connectivity index (χ1) is 8.08. The number of hydrogen-bond acceptors (Lipinski definition) is 3. The minimum atomic E-state index is -0.350. The van der Waals surface area contributed by atoms with Crippen LogP contribution in [0, 0.1) is 5.82 Å². The Hall–Kier alpha value is -1.56. The fraction of sp³-hybridized carbons (Fsp3) is 0.182. The minimum absolute atomic E-state index is 0.123. The maximum absolute atomic E-state index is 13.0. The van der Waals surface area contributed by atoms with E-state index in [-0.39, 0.29) is 18.0 Å². The van der Waals surface area contributed by atoms with Gasteiger partial charge < -0.3 is 0 Å². The molecule has 0 atom stereocenters. The lowest BCUT2D eigenvalue weighted by Crippen LogP contribution is -2.10. The summed E-state index contributed by atoms with van der Waals surface area (Å²) in [5.41, 5.74) is 1.01. The third-order valence-corrected chi connectivity index (χ3v) is 2.84. The molecule has 2 rings (SSSR count). The third-order valence-electron chi connectivity index (χ3n) is 2.30. The van der Waals surface area contributed by atoms with Gasteiger partial charge in [-0.05, 0) is 33.6 Å². The van der Waals surface area contributed by atoms with Gasteiger partial charge in [-0.2, -0.15) is 0 Å². The van der Waals surface area contributed by atoms with Crippen LogP contribution in [0.1, 0.15) is 16.1 Å². The first-order valence-electron chi connectivity index (χ1n) is 4.90. The zero-order valence-corrected chi connectivity index (χ0v) is 10.6. The Morgan fingerprint density at radius 1 is 1.53 bits per heavy atom. The third kappa shape index (κ3) is 2.58. The summed E-state index contributed by atoms with van der Waals surface area (Å²) in [5.74, 6) is -0.507. The molecule has 0 aliphatic carbocycles. The van der Waals surface area contributed by atoms with Crippen LogP contribution in [0.5, 0.6) is 0 Å². The van der Waals surface area contributed by atoms with Crippen molar-refractivity contribution in [1.29, 1.82) is 0 Å². The predicted molar refractivity (Wildman–Crippen MR) is 63.1 cm³/mol. The van der Waals surface area contributed by atoms with E-state index < -0.39 is 0 Å². The van der Waals surface area contributed by atoms with Crippen LogP contribution in [0.4, 0.5) is 4.39 Å². The van der Waals surface area contributed by atoms with E-state index in [1.807, 2.05) is 0 Å². The molecule has 4 nitrogen and oxygen atoms in total. The first-order valence-corrected chi connectivity index (χ1v) is 5.70. The normalized spacial score (nSPS) is 10.5. The standard InChI is InChI=1S/C11H9BrFN3O/c1-16-10(11(12)14-15-16)9(17)6-7-3-2-4-8(13)5-7/h2-5H,6H2,1H3. The van der Waals surface area contributed by atoms with Crippen LogP contribution >= 0.6 is 15.9 Å². The van der Waals surface area contributed by atoms with Crippen LogP contribution in [-0.4, -0.2) is 20.8 Å². The van der Waals surface area contributed by atoms with Gasteiger partial charge >= 0.3 is 0 Å². The molecule has 2 aromatic rings. The van der Waals surface area contributed by atoms with Gasteiger partial charge in [0.25, 0.3) is 0 Å². The summed E-state index contributed by atoms with van der Waals surface area (Å²) in [6.45, 7) is 0. The molecule has 0 fully saturated rings. The summed E-state index contributed by atoms with van der Waals surface area (Å²) in [7, 11) is 1.64. The SMILES string of the molecule is Cn1nnc(Br)c1C(=O)Cc1cccc(F)c1. The number of carbonyl (C=O) groups excluding carboxylic acids is 1. The molecule has 0 aliphatic heterocycles. The van der Waals surface area contributed by atoms with Crippen molar-refractivity contribution in [3.8, 4) is 0 Å². The van der Waals surface area contributed by atoms with Crippen molar-refractivity contribution < 1.29 is 9.18 Å². The Bertz CT molecular complexity index is 548. The largest absolute Gasteiger partial charge is 0.292 e. The van der Waals surface area contributed by atoms with Gasteiger partial charge in [-0.25, -0.2) is 9.07 Å². The molecule has 0 amide bonds. The summed E-state index contributed by atoms with van der Waals surface area (Å²) in [6.07, 6.45) is 0.123. The molecule has 1 heterocycles. The van der Waals surface area contributed by atoms with E-state index in [1.54, 1.807) is 19.2 Å². The molecule has 0 spiro atoms. The molecule has 0 unspecified atom stereocenters. The summed E-state index contributed by atoms with van der Waals surface area (Å²) in [6, 6.07) is 5.97. The lowest BCUT2D eigenvalue weighted by Gasteiger charge is -2.01. The Kier molecular flexibility index (Phi) is 3.33. The average molecular weight is 298 g/mol. The van der Waals surface area contributed by atoms with E-state index in [0.717, 1.165) is 0 Å². The van der Waals surface area contributed by atoms with Crippen LogP contribution in [-0.2, 0) is 13.5 Å². The summed E-state index contributed by atoms with van der Waals surface area (Å²) in [4.78, 5) is 12.0. The molecule has 1 aromatic carbocycles. The van der Waals surface area contributed by atoms with Crippen molar-refractivity contribution in [2.45, 2.75) is 6.42 Å². The molecular weight excluding hydrogens is 289 g/mol. The van der Waals surface area contributed by atoms with E-state index in [1.165, 1.54) is 16.8 Å². The maximum atomic E-state index is 13.0. The number of nitrogens with zero attached hydrogens (tertiary/aromatic N) is 3. The van der Waals surface area contributed by atoms with Crippen molar-refractivity contribution in [3.05, 3.63) is 45.9 Å². The van der Waals surface area contributed by atoms with Crippen LogP contribution in [0.2, 0.25) is 0 Å². The van der Waals surface area contributed by atoms with Crippen molar-refractivity contribution in [1.82, 2.24) is 15.0 Å². The van der Waals surface area contributed by atoms with Gasteiger partial charge in [0.1, 0.15) is 11.5 Å². The number of halogens is 2. The van der Waals surface area contributed by atoms with Gasteiger partial charge in [0.05, 0.1) is 0 Å². The number of rotatable bonds is 3. The smallest absolute Gasteiger partial charge is 0.188 e. The van der Waals surface area contributed by atoms with Crippen LogP contribution in [0.3, 0.4) is 0 Å². The second-order valence-corrected chi connectivity index (χ2v) is 4.33. The minimum Gasteiger partial charge on any atom is -0.292 e. The molecule has 0 saturated carbocycles. The van der Waals surface area contributed by atoms with E-state index in [9.17, 15) is 9.18 Å². The van der Waals surface area contributed by atoms with E-state index in [4.69, 9.17) is 0 Å². The van der Waals surface area contributed by atoms with E-state index >= 15 is 0 Å². The molecule has 0 saturated heterocycles. The quantitative estimate of drug-likeness (QED) is 0.816. The second kappa shape index (κ2) is 4.75. The van der Waals surface area contributed by atoms with Crippen molar-refractivity contribution in [2.24, 2.45) is 7.05 Å². The van der Waals surface area contributed by atoms with Crippen molar-refractivity contribution in [3.63, 3.8) is 0 Å². The highest BCUT2D eigenvalue weighted by Gasteiger charge is 2.17. The van der Waals surface area contributed by atoms with Gasteiger partial charge in [-0.3, -0.25) is 4.79 Å². The van der Waals surface area contributed by atoms with Gasteiger partial charge in [-0.1, -0.05) is 17.3 Å². The lowest BCUT2D eigenvalue weighted by atomic mass is 10.1. The second-order valence-electron chi connectivity index (χ2n) is 3.58. The molecular formula is C11H9BrFN3O. The topological polar surface area (TPSA) is 47.8 Å². The summed E-state index contributed by atoms with van der Waals surface area (Å²) in [5, 5.41) is 7.45. The molecule has 6 heteroatoms. The number of carbonyl (C=O) groups is 1. The number of aromatic nitrogens is 3. The number of hydrogen-bond donors (Lipinski definition) is 0. The van der Waals surface area contributed by atoms with E-state index in [2.05, 4.69) is 26.2 Å². The van der Waals surface area contributed by atoms with Crippen molar-refractivity contribution >= 4 is 21.7 Å². The number of aryl methyl sites for hydroxylation is 1. The van der Waals surface area contributed by atoms with Crippen LogP contribution in [0.15, 0.2) is 28.9 Å². The van der Waals surface area contributed by atoms with E-state index in [0.29, 0.717) is 15.9 Å². The van der Waals surface area contributed by atoms with Crippen LogP contribution < -0.4 is 0 Å². The Morgan fingerprint density at radius 2 is 2.29 bits per heavy atom. The average Bonchev–Trinajstić information content (AvgIpc) is 2.58. The van der Waals surface area contributed by atoms with Gasteiger partial charge in [0.2, 0.25) is 0 Å². The zero-order valence-electron chi connectivity index (χ0n) is 9.02. The summed E-state index contributed by atoms with van der Waals surface area (Å²) < 4.78 is 14.8. The fourth-order valence-electron chi connectivity index (χ4n) is 1.54. The van der Waals surface area contributed by atoms with Crippen molar-refractivity contribution in [2.75, 3.05) is 0 Å².